The van der Waals surface area contributed by atoms with E-state index in [-0.39, 0.29) is 23.5 Å². The molecule has 1 aromatic rings. The molecule has 0 spiro atoms. The molecule has 0 amide bonds. The average molecular weight is 357 g/mol. The number of H-pyrrole nitrogens is 1. The smallest absolute Gasteiger partial charge is 0.335 e. The van der Waals surface area contributed by atoms with Gasteiger partial charge in [0.25, 0.3) is 5.56 Å². The molecule has 0 radical (unpaired) electrons. The fraction of sp³-hybridized carbons (Fsp3) is 0.765. The Hall–Kier alpha value is -1.18. The predicted molar refractivity (Wildman–Crippen MR) is 98.7 cm³/mol. The second-order valence-electron chi connectivity index (χ2n) is 6.93. The molecule has 138 valence electrons. The zero-order valence-corrected chi connectivity index (χ0v) is 16.6. The number of aromatic nitrogens is 2. The van der Waals surface area contributed by atoms with Crippen LogP contribution in [0.15, 0.2) is 21.9 Å². The third kappa shape index (κ3) is 8.08. The Bertz CT molecular complexity index is 585. The third-order valence-electron chi connectivity index (χ3n) is 3.65. The van der Waals surface area contributed by atoms with Gasteiger partial charge >= 0.3 is 14.3 Å². The first kappa shape index (κ1) is 20.9. The lowest BCUT2D eigenvalue weighted by molar-refractivity contribution is 0.109. The Balaban J connectivity index is 2.33. The second-order valence-corrected chi connectivity index (χ2v) is 10.2. The molecule has 0 bridgehead atoms. The molecule has 0 aliphatic rings. The van der Waals surface area contributed by atoms with Gasteiger partial charge in [-0.25, -0.2) is 4.79 Å². The van der Waals surface area contributed by atoms with Gasteiger partial charge in [-0.3, -0.25) is 9.78 Å². The topological polar surface area (TPSA) is 73.3 Å². The van der Waals surface area contributed by atoms with Crippen molar-refractivity contribution in [3.05, 3.63) is 33.1 Å². The Labute approximate surface area is 145 Å². The van der Waals surface area contributed by atoms with Crippen LogP contribution >= 0.6 is 0 Å². The quantitative estimate of drug-likeness (QED) is 0.488. The summed E-state index contributed by atoms with van der Waals surface area (Å²) in [5.41, 5.74) is -0.686. The zero-order chi connectivity index (χ0) is 18.2. The predicted octanol–water partition coefficient (Wildman–Crippen LogP) is 3.02. The largest absolute Gasteiger partial charge is 0.392 e. The maximum Gasteiger partial charge on any atom is 0.335 e. The first-order chi connectivity index (χ1) is 11.2. The Morgan fingerprint density at radius 1 is 1.04 bits per heavy atom. The Morgan fingerprint density at radius 2 is 1.62 bits per heavy atom. The van der Waals surface area contributed by atoms with Crippen molar-refractivity contribution in [2.45, 2.75) is 84.7 Å². The third-order valence-corrected chi connectivity index (χ3v) is 6.85. The van der Waals surface area contributed by atoms with Gasteiger partial charge in [-0.15, -0.1) is 0 Å². The van der Waals surface area contributed by atoms with Gasteiger partial charge in [0.2, 0.25) is 0 Å². The minimum absolute atomic E-state index is 0.188. The van der Waals surface area contributed by atoms with Crippen LogP contribution < -0.4 is 11.2 Å². The molecule has 1 N–H and O–H groups in total. The van der Waals surface area contributed by atoms with Crippen LogP contribution in [-0.4, -0.2) is 30.3 Å². The molecular formula is C17H32N2O4Si. The highest BCUT2D eigenvalue weighted by Crippen LogP contribution is 2.21. The molecule has 0 aliphatic carbocycles. The molecule has 7 heteroatoms. The SMILES string of the molecule is CC(C)O[Si](C)(CCCCCCn1ccc(=O)[nH]c1=O)OC(C)C. The van der Waals surface area contributed by atoms with Crippen LogP contribution in [-0.2, 0) is 15.4 Å². The number of aryl methyl sites for hydroxylation is 1. The first-order valence-corrected chi connectivity index (χ1v) is 11.4. The summed E-state index contributed by atoms with van der Waals surface area (Å²) in [6.45, 7) is 11.0. The van der Waals surface area contributed by atoms with Gasteiger partial charge in [-0.2, -0.15) is 0 Å². The van der Waals surface area contributed by atoms with Crippen molar-refractivity contribution >= 4 is 8.56 Å². The fourth-order valence-corrected chi connectivity index (χ4v) is 6.02. The lowest BCUT2D eigenvalue weighted by atomic mass is 10.2. The van der Waals surface area contributed by atoms with Crippen LogP contribution in [0.2, 0.25) is 12.6 Å². The van der Waals surface area contributed by atoms with Crippen molar-refractivity contribution in [1.29, 1.82) is 0 Å². The molecule has 0 unspecified atom stereocenters. The van der Waals surface area contributed by atoms with E-state index < -0.39 is 8.56 Å². The molecule has 0 fully saturated rings. The standard InChI is InChI=1S/C17H32N2O4Si/c1-14(2)22-24(5,23-15(3)4)13-9-7-6-8-11-19-12-10-16(20)18-17(19)21/h10,12,14-15H,6-9,11,13H2,1-5H3,(H,18,20,21). The van der Waals surface area contributed by atoms with Crippen LogP contribution in [0.25, 0.3) is 0 Å². The number of aromatic amines is 1. The van der Waals surface area contributed by atoms with Gasteiger partial charge in [-0.1, -0.05) is 19.3 Å². The lowest BCUT2D eigenvalue weighted by Gasteiger charge is -2.31. The van der Waals surface area contributed by atoms with E-state index in [1.54, 1.807) is 10.8 Å². The van der Waals surface area contributed by atoms with Crippen molar-refractivity contribution in [3.63, 3.8) is 0 Å². The molecule has 0 saturated carbocycles. The van der Waals surface area contributed by atoms with Crippen molar-refractivity contribution in [1.82, 2.24) is 9.55 Å². The van der Waals surface area contributed by atoms with E-state index in [1.165, 1.54) is 6.07 Å². The van der Waals surface area contributed by atoms with Gasteiger partial charge in [-0.05, 0) is 46.7 Å². The molecule has 0 aliphatic heterocycles. The molecule has 0 aromatic carbocycles. The molecular weight excluding hydrogens is 324 g/mol. The molecule has 24 heavy (non-hydrogen) atoms. The number of rotatable bonds is 11. The zero-order valence-electron chi connectivity index (χ0n) is 15.6. The van der Waals surface area contributed by atoms with E-state index in [0.717, 1.165) is 31.7 Å². The maximum absolute atomic E-state index is 11.6. The van der Waals surface area contributed by atoms with Crippen molar-refractivity contribution in [2.24, 2.45) is 0 Å². The van der Waals surface area contributed by atoms with Gasteiger partial charge in [0.15, 0.2) is 0 Å². The number of nitrogens with zero attached hydrogens (tertiary/aromatic N) is 1. The van der Waals surface area contributed by atoms with Crippen LogP contribution in [0.5, 0.6) is 0 Å². The van der Waals surface area contributed by atoms with Crippen LogP contribution in [0.1, 0.15) is 53.4 Å². The normalized spacial score (nSPS) is 12.3. The summed E-state index contributed by atoms with van der Waals surface area (Å²) in [5.74, 6) is 0. The van der Waals surface area contributed by atoms with Gasteiger partial charge in [0.1, 0.15) is 0 Å². The first-order valence-electron chi connectivity index (χ1n) is 8.87. The lowest BCUT2D eigenvalue weighted by Crippen LogP contribution is -2.42. The summed E-state index contributed by atoms with van der Waals surface area (Å²) in [5, 5.41) is 0. The molecule has 1 aromatic heterocycles. The number of hydrogen-bond acceptors (Lipinski definition) is 4. The summed E-state index contributed by atoms with van der Waals surface area (Å²) in [6, 6.07) is 2.37. The van der Waals surface area contributed by atoms with Crippen LogP contribution in [0, 0.1) is 0 Å². The molecule has 6 nitrogen and oxygen atoms in total. The minimum Gasteiger partial charge on any atom is -0.392 e. The Kier molecular flexibility index (Phi) is 8.65. The maximum atomic E-state index is 11.6. The van der Waals surface area contributed by atoms with E-state index >= 15 is 0 Å². The summed E-state index contributed by atoms with van der Waals surface area (Å²) in [4.78, 5) is 24.9. The highest BCUT2D eigenvalue weighted by Gasteiger charge is 2.33. The van der Waals surface area contributed by atoms with Gasteiger partial charge < -0.3 is 13.4 Å². The summed E-state index contributed by atoms with van der Waals surface area (Å²) < 4.78 is 13.7. The second kappa shape index (κ2) is 9.96. The van der Waals surface area contributed by atoms with Crippen molar-refractivity contribution < 1.29 is 8.85 Å². The molecule has 0 atom stereocenters. The number of nitrogens with one attached hydrogen (secondary N) is 1. The highest BCUT2D eigenvalue weighted by atomic mass is 28.4. The van der Waals surface area contributed by atoms with Gasteiger partial charge in [0.05, 0.1) is 0 Å². The summed E-state index contributed by atoms with van der Waals surface area (Å²) >= 11 is 0. The van der Waals surface area contributed by atoms with Crippen LogP contribution in [0.3, 0.4) is 0 Å². The molecule has 0 saturated heterocycles. The number of hydrogen-bond donors (Lipinski definition) is 1. The Morgan fingerprint density at radius 3 is 2.17 bits per heavy atom. The average Bonchev–Trinajstić information content (AvgIpc) is 2.42. The van der Waals surface area contributed by atoms with Crippen molar-refractivity contribution in [3.8, 4) is 0 Å². The fourth-order valence-electron chi connectivity index (χ4n) is 2.84. The summed E-state index contributed by atoms with van der Waals surface area (Å²) in [7, 11) is -2.11. The van der Waals surface area contributed by atoms with E-state index in [9.17, 15) is 9.59 Å². The highest BCUT2D eigenvalue weighted by molar-refractivity contribution is 6.66. The van der Waals surface area contributed by atoms with E-state index in [4.69, 9.17) is 8.85 Å². The van der Waals surface area contributed by atoms with E-state index in [0.29, 0.717) is 6.54 Å². The van der Waals surface area contributed by atoms with Gasteiger partial charge in [0, 0.05) is 31.0 Å². The van der Waals surface area contributed by atoms with E-state index in [2.05, 4.69) is 39.2 Å². The minimum atomic E-state index is -2.11. The van der Waals surface area contributed by atoms with Crippen molar-refractivity contribution in [2.75, 3.05) is 0 Å². The summed E-state index contributed by atoms with van der Waals surface area (Å²) in [6.07, 6.45) is 6.05. The molecule has 1 rings (SSSR count). The number of unbranched alkanes of at least 4 members (excludes halogenated alkanes) is 3. The monoisotopic (exact) mass is 356 g/mol. The van der Waals surface area contributed by atoms with E-state index in [1.807, 2.05) is 0 Å². The molecule has 1 heterocycles. The van der Waals surface area contributed by atoms with Crippen LogP contribution in [0.4, 0.5) is 0 Å².